The van der Waals surface area contributed by atoms with Crippen molar-refractivity contribution in [2.75, 3.05) is 34.9 Å². The van der Waals surface area contributed by atoms with Crippen LogP contribution in [0.15, 0.2) is 17.1 Å². The fourth-order valence-corrected chi connectivity index (χ4v) is 2.46. The van der Waals surface area contributed by atoms with Crippen LogP contribution in [0.3, 0.4) is 0 Å². The third kappa shape index (κ3) is 5.83. The molecule has 6 nitrogen and oxygen atoms in total. The number of nitrogens with one attached hydrogen (secondary N) is 2. The molecule has 0 heterocycles. The summed E-state index contributed by atoms with van der Waals surface area (Å²) in [5.74, 6) is 2.70. The lowest BCUT2D eigenvalue weighted by atomic mass is 10.1. The normalized spacial score (nSPS) is 11.1. The topological polar surface area (TPSA) is 64.1 Å². The molecular weight excluding hydrogens is 306 g/mol. The van der Waals surface area contributed by atoms with Gasteiger partial charge in [0.15, 0.2) is 17.5 Å². The zero-order valence-electron chi connectivity index (χ0n) is 15.6. The Hall–Kier alpha value is -2.11. The van der Waals surface area contributed by atoms with Gasteiger partial charge in [-0.15, -0.1) is 0 Å². The smallest absolute Gasteiger partial charge is 0.203 e. The molecule has 1 aromatic carbocycles. The van der Waals surface area contributed by atoms with Gasteiger partial charge in [0.1, 0.15) is 0 Å². The van der Waals surface area contributed by atoms with Gasteiger partial charge in [-0.05, 0) is 18.6 Å². The average molecular weight is 337 g/mol. The summed E-state index contributed by atoms with van der Waals surface area (Å²) in [5.41, 5.74) is 0.976. The summed E-state index contributed by atoms with van der Waals surface area (Å²) in [4.78, 5) is 4.25. The molecule has 0 radical (unpaired) electrons. The van der Waals surface area contributed by atoms with Gasteiger partial charge >= 0.3 is 0 Å². The summed E-state index contributed by atoms with van der Waals surface area (Å²) in [6.07, 6.45) is 4.90. The van der Waals surface area contributed by atoms with Crippen LogP contribution in [0.25, 0.3) is 0 Å². The minimum atomic E-state index is 0.582. The summed E-state index contributed by atoms with van der Waals surface area (Å²) in [7, 11) is 6.61. The predicted molar refractivity (Wildman–Crippen MR) is 98.4 cm³/mol. The fraction of sp³-hybridized carbons (Fsp3) is 0.611. The second-order valence-electron chi connectivity index (χ2n) is 5.41. The van der Waals surface area contributed by atoms with Crippen LogP contribution in [0.1, 0.15) is 38.2 Å². The Morgan fingerprint density at radius 3 is 2.29 bits per heavy atom. The molecule has 0 saturated heterocycles. The van der Waals surface area contributed by atoms with E-state index in [9.17, 15) is 0 Å². The molecule has 0 amide bonds. The van der Waals surface area contributed by atoms with Crippen LogP contribution in [0, 0.1) is 0 Å². The van der Waals surface area contributed by atoms with Crippen LogP contribution in [-0.2, 0) is 6.54 Å². The molecule has 2 N–H and O–H groups in total. The van der Waals surface area contributed by atoms with Crippen LogP contribution < -0.4 is 24.8 Å². The van der Waals surface area contributed by atoms with Gasteiger partial charge in [0.05, 0.1) is 21.3 Å². The van der Waals surface area contributed by atoms with E-state index in [-0.39, 0.29) is 0 Å². The molecule has 0 aliphatic carbocycles. The van der Waals surface area contributed by atoms with Crippen molar-refractivity contribution in [3.8, 4) is 17.2 Å². The fourth-order valence-electron chi connectivity index (χ4n) is 2.46. The molecule has 24 heavy (non-hydrogen) atoms. The Morgan fingerprint density at radius 2 is 1.71 bits per heavy atom. The molecule has 0 spiro atoms. The summed E-state index contributed by atoms with van der Waals surface area (Å²) in [6, 6.07) is 3.83. The van der Waals surface area contributed by atoms with Gasteiger partial charge in [-0.25, -0.2) is 0 Å². The summed E-state index contributed by atoms with van der Waals surface area (Å²) >= 11 is 0. The lowest BCUT2D eigenvalue weighted by molar-refractivity contribution is 0.322. The maximum atomic E-state index is 5.50. The summed E-state index contributed by atoms with van der Waals surface area (Å²) in [5, 5.41) is 6.63. The van der Waals surface area contributed by atoms with Crippen LogP contribution >= 0.6 is 0 Å². The molecule has 0 unspecified atom stereocenters. The third-order valence-corrected chi connectivity index (χ3v) is 3.78. The SMILES string of the molecule is CCCCCCNC(=NC)NCc1ccc(OC)c(OC)c1OC. The van der Waals surface area contributed by atoms with Crippen molar-refractivity contribution in [3.05, 3.63) is 17.7 Å². The lowest BCUT2D eigenvalue weighted by Crippen LogP contribution is -2.37. The average Bonchev–Trinajstić information content (AvgIpc) is 2.62. The van der Waals surface area contributed by atoms with Gasteiger partial charge in [-0.1, -0.05) is 26.2 Å². The summed E-state index contributed by atoms with van der Waals surface area (Å²) in [6.45, 7) is 3.71. The number of hydrogen-bond acceptors (Lipinski definition) is 4. The van der Waals surface area contributed by atoms with Gasteiger partial charge in [-0.3, -0.25) is 4.99 Å². The Labute approximate surface area is 145 Å². The van der Waals surface area contributed by atoms with Crippen molar-refractivity contribution in [2.45, 2.75) is 39.2 Å². The maximum Gasteiger partial charge on any atom is 0.203 e. The first-order chi connectivity index (χ1) is 11.7. The zero-order valence-corrected chi connectivity index (χ0v) is 15.6. The quantitative estimate of drug-likeness (QED) is 0.390. The van der Waals surface area contributed by atoms with Crippen molar-refractivity contribution in [1.82, 2.24) is 10.6 Å². The monoisotopic (exact) mass is 337 g/mol. The van der Waals surface area contributed by atoms with Crippen molar-refractivity contribution >= 4 is 5.96 Å². The van der Waals surface area contributed by atoms with Crippen molar-refractivity contribution in [3.63, 3.8) is 0 Å². The van der Waals surface area contributed by atoms with Crippen LogP contribution in [-0.4, -0.2) is 40.9 Å². The van der Waals surface area contributed by atoms with E-state index >= 15 is 0 Å². The second kappa shape index (κ2) is 11.4. The Bertz CT molecular complexity index is 518. The highest BCUT2D eigenvalue weighted by atomic mass is 16.5. The van der Waals surface area contributed by atoms with Gasteiger partial charge in [0.2, 0.25) is 5.75 Å². The molecule has 0 aliphatic heterocycles. The lowest BCUT2D eigenvalue weighted by Gasteiger charge is -2.17. The van der Waals surface area contributed by atoms with E-state index in [0.717, 1.165) is 24.5 Å². The number of benzene rings is 1. The Morgan fingerprint density at radius 1 is 0.958 bits per heavy atom. The van der Waals surface area contributed by atoms with Crippen LogP contribution in [0.4, 0.5) is 0 Å². The largest absolute Gasteiger partial charge is 0.493 e. The number of ether oxygens (including phenoxy) is 3. The van der Waals surface area contributed by atoms with Gasteiger partial charge in [0.25, 0.3) is 0 Å². The molecule has 0 fully saturated rings. The first-order valence-electron chi connectivity index (χ1n) is 8.44. The number of guanidine groups is 1. The molecular formula is C18H31N3O3. The molecule has 136 valence electrons. The number of rotatable bonds is 10. The first kappa shape index (κ1) is 19.9. The van der Waals surface area contributed by atoms with Crippen LogP contribution in [0.2, 0.25) is 0 Å². The molecule has 0 aromatic heterocycles. The zero-order chi connectivity index (χ0) is 17.8. The van der Waals surface area contributed by atoms with E-state index in [4.69, 9.17) is 14.2 Å². The molecule has 1 aromatic rings. The predicted octanol–water partition coefficient (Wildman–Crippen LogP) is 2.96. The van der Waals surface area contributed by atoms with Crippen molar-refractivity contribution < 1.29 is 14.2 Å². The van der Waals surface area contributed by atoms with E-state index in [1.165, 1.54) is 19.3 Å². The van der Waals surface area contributed by atoms with Gasteiger partial charge in [-0.2, -0.15) is 0 Å². The van der Waals surface area contributed by atoms with E-state index in [2.05, 4.69) is 22.5 Å². The number of unbranched alkanes of at least 4 members (excludes halogenated alkanes) is 3. The molecule has 6 heteroatoms. The van der Waals surface area contributed by atoms with Crippen molar-refractivity contribution in [2.24, 2.45) is 4.99 Å². The first-order valence-corrected chi connectivity index (χ1v) is 8.44. The minimum Gasteiger partial charge on any atom is -0.493 e. The molecule has 0 saturated carbocycles. The van der Waals surface area contributed by atoms with Crippen molar-refractivity contribution in [1.29, 1.82) is 0 Å². The number of hydrogen-bond donors (Lipinski definition) is 2. The number of methoxy groups -OCH3 is 3. The molecule has 0 aliphatic rings. The standard InChI is InChI=1S/C18H31N3O3/c1-6-7-8-9-12-20-18(19-2)21-13-14-10-11-15(22-3)17(24-5)16(14)23-4/h10-11H,6-9,12-13H2,1-5H3,(H2,19,20,21). The number of nitrogens with zero attached hydrogens (tertiary/aromatic N) is 1. The van der Waals surface area contributed by atoms with Gasteiger partial charge < -0.3 is 24.8 Å². The van der Waals surface area contributed by atoms with Crippen LogP contribution in [0.5, 0.6) is 17.2 Å². The molecule has 1 rings (SSSR count). The minimum absolute atomic E-state index is 0.582. The molecule has 0 atom stereocenters. The molecule has 0 bridgehead atoms. The highest BCUT2D eigenvalue weighted by Gasteiger charge is 2.15. The van der Waals surface area contributed by atoms with E-state index in [1.54, 1.807) is 28.4 Å². The van der Waals surface area contributed by atoms with E-state index < -0.39 is 0 Å². The van der Waals surface area contributed by atoms with E-state index in [1.807, 2.05) is 12.1 Å². The highest BCUT2D eigenvalue weighted by molar-refractivity contribution is 5.79. The van der Waals surface area contributed by atoms with Gasteiger partial charge in [0, 0.05) is 25.7 Å². The Balaban J connectivity index is 2.65. The highest BCUT2D eigenvalue weighted by Crippen LogP contribution is 2.39. The summed E-state index contributed by atoms with van der Waals surface area (Å²) < 4.78 is 16.2. The van der Waals surface area contributed by atoms with E-state index in [0.29, 0.717) is 23.8 Å². The third-order valence-electron chi connectivity index (χ3n) is 3.78. The maximum absolute atomic E-state index is 5.50. The second-order valence-corrected chi connectivity index (χ2v) is 5.41. The number of aliphatic imine (C=N–C) groups is 1. The Kier molecular flexibility index (Phi) is 9.49.